The standard InChI is InChI=1S/C9H12N5O5P/c1-17-8-6-7(12-9(10)13-8)14(4-11-6)2-3-18-5-19-20(15)16/h4H,2-3,5H2,1H3,(H2-,10,12,13,15,16)/p+1. The first-order valence-corrected chi connectivity index (χ1v) is 6.64. The summed E-state index contributed by atoms with van der Waals surface area (Å²) >= 11 is 0. The number of anilines is 1. The van der Waals surface area contributed by atoms with Gasteiger partial charge in [0.1, 0.15) is 0 Å². The fourth-order valence-corrected chi connectivity index (χ4v) is 1.71. The molecule has 0 bridgehead atoms. The van der Waals surface area contributed by atoms with Gasteiger partial charge in [-0.2, -0.15) is 9.97 Å². The van der Waals surface area contributed by atoms with E-state index in [1.54, 1.807) is 10.9 Å². The van der Waals surface area contributed by atoms with Gasteiger partial charge in [-0.25, -0.2) is 4.98 Å². The molecule has 10 nitrogen and oxygen atoms in total. The van der Waals surface area contributed by atoms with Crippen LogP contribution in [0.15, 0.2) is 6.33 Å². The molecular weight excluding hydrogens is 289 g/mol. The number of imidazole rings is 1. The minimum Gasteiger partial charge on any atom is -0.479 e. The highest BCUT2D eigenvalue weighted by Gasteiger charge is 2.13. The number of nitrogen functional groups attached to an aromatic ring is 1. The Bertz CT molecular complexity index is 618. The molecule has 2 heterocycles. The zero-order valence-corrected chi connectivity index (χ0v) is 11.5. The van der Waals surface area contributed by atoms with Crippen molar-refractivity contribution in [3.05, 3.63) is 6.33 Å². The first kappa shape index (κ1) is 14.5. The molecule has 0 amide bonds. The largest absolute Gasteiger partial charge is 0.697 e. The van der Waals surface area contributed by atoms with E-state index in [0.29, 0.717) is 23.6 Å². The number of aromatic nitrogens is 4. The van der Waals surface area contributed by atoms with Crippen LogP contribution in [0.1, 0.15) is 0 Å². The van der Waals surface area contributed by atoms with Gasteiger partial charge in [0.05, 0.1) is 20.0 Å². The Morgan fingerprint density at radius 2 is 2.30 bits per heavy atom. The Kier molecular flexibility index (Phi) is 4.74. The van der Waals surface area contributed by atoms with E-state index in [-0.39, 0.29) is 19.3 Å². The van der Waals surface area contributed by atoms with Gasteiger partial charge in [-0.3, -0.25) is 0 Å². The van der Waals surface area contributed by atoms with E-state index in [4.69, 9.17) is 20.1 Å². The van der Waals surface area contributed by atoms with Gasteiger partial charge in [0.25, 0.3) is 0 Å². The molecule has 0 saturated heterocycles. The molecule has 2 aromatic rings. The van der Waals surface area contributed by atoms with Crippen molar-refractivity contribution in [1.82, 2.24) is 19.5 Å². The van der Waals surface area contributed by atoms with E-state index in [1.807, 2.05) is 0 Å². The molecule has 2 aromatic heterocycles. The summed E-state index contributed by atoms with van der Waals surface area (Å²) in [5.74, 6) is 0.380. The third kappa shape index (κ3) is 3.36. The van der Waals surface area contributed by atoms with Crippen LogP contribution in [0.25, 0.3) is 11.2 Å². The maximum atomic E-state index is 10.3. The van der Waals surface area contributed by atoms with Crippen LogP contribution in [0.4, 0.5) is 5.95 Å². The number of hydrogen-bond donors (Lipinski definition) is 2. The minimum atomic E-state index is -2.65. The van der Waals surface area contributed by atoms with Crippen LogP contribution in [-0.4, -0.2) is 44.9 Å². The van der Waals surface area contributed by atoms with Gasteiger partial charge in [0.15, 0.2) is 11.2 Å². The van der Waals surface area contributed by atoms with Crippen LogP contribution in [0.3, 0.4) is 0 Å². The second-order valence-electron chi connectivity index (χ2n) is 3.59. The summed E-state index contributed by atoms with van der Waals surface area (Å²) in [6, 6.07) is 0. The summed E-state index contributed by atoms with van der Waals surface area (Å²) in [6.07, 6.45) is 1.55. The van der Waals surface area contributed by atoms with Crippen molar-refractivity contribution in [3.8, 4) is 5.88 Å². The normalized spacial score (nSPS) is 11.8. The third-order valence-electron chi connectivity index (χ3n) is 2.37. The molecule has 1 unspecified atom stereocenters. The van der Waals surface area contributed by atoms with Gasteiger partial charge in [-0.1, -0.05) is 4.52 Å². The van der Waals surface area contributed by atoms with Gasteiger partial charge in [-0.15, -0.1) is 4.89 Å². The predicted octanol–water partition coefficient (Wildman–Crippen LogP) is 0.0575. The highest BCUT2D eigenvalue weighted by atomic mass is 31.1. The molecule has 0 spiro atoms. The molecule has 0 aliphatic rings. The molecule has 11 heteroatoms. The smallest absolute Gasteiger partial charge is 0.479 e. The van der Waals surface area contributed by atoms with Crippen LogP contribution in [0.5, 0.6) is 5.88 Å². The molecule has 2 rings (SSSR count). The maximum absolute atomic E-state index is 10.3. The summed E-state index contributed by atoms with van der Waals surface area (Å²) < 4.78 is 26.4. The molecular formula is C9H13N5O5P+. The van der Waals surface area contributed by atoms with Crippen molar-refractivity contribution >= 4 is 25.4 Å². The molecule has 3 N–H and O–H groups in total. The summed E-state index contributed by atoms with van der Waals surface area (Å²) in [5.41, 5.74) is 6.60. The SMILES string of the molecule is COc1nc(N)nc2c1ncn2CCOCO[P+](=O)O. The van der Waals surface area contributed by atoms with Crippen LogP contribution in [-0.2, 0) is 20.4 Å². The lowest BCUT2D eigenvalue weighted by Gasteiger charge is -2.04. The lowest BCUT2D eigenvalue weighted by Crippen LogP contribution is -2.08. The first-order chi connectivity index (χ1) is 9.61. The second-order valence-corrected chi connectivity index (χ2v) is 4.33. The van der Waals surface area contributed by atoms with Crippen LogP contribution in [0.2, 0.25) is 0 Å². The van der Waals surface area contributed by atoms with Crippen molar-refractivity contribution in [2.45, 2.75) is 6.54 Å². The van der Waals surface area contributed by atoms with E-state index in [9.17, 15) is 4.57 Å². The molecule has 0 aliphatic heterocycles. The van der Waals surface area contributed by atoms with Gasteiger partial charge in [-0.05, 0) is 0 Å². The molecule has 0 radical (unpaired) electrons. The second kappa shape index (κ2) is 6.53. The number of rotatable bonds is 7. The lowest BCUT2D eigenvalue weighted by atomic mass is 10.5. The number of nitrogens with two attached hydrogens (primary N) is 1. The van der Waals surface area contributed by atoms with Crippen molar-refractivity contribution in [3.63, 3.8) is 0 Å². The quantitative estimate of drug-likeness (QED) is 0.413. The lowest BCUT2D eigenvalue weighted by molar-refractivity contribution is 0.0106. The number of nitrogens with zero attached hydrogens (tertiary/aromatic N) is 4. The topological polar surface area (TPSA) is 135 Å². The van der Waals surface area contributed by atoms with Crippen LogP contribution < -0.4 is 10.5 Å². The maximum Gasteiger partial charge on any atom is 0.697 e. The average molecular weight is 302 g/mol. The minimum absolute atomic E-state index is 0.0811. The van der Waals surface area contributed by atoms with E-state index < -0.39 is 8.25 Å². The van der Waals surface area contributed by atoms with Crippen LogP contribution >= 0.6 is 8.25 Å². The third-order valence-corrected chi connectivity index (χ3v) is 2.69. The van der Waals surface area contributed by atoms with E-state index in [1.165, 1.54) is 7.11 Å². The molecule has 0 fully saturated rings. The first-order valence-electron chi connectivity index (χ1n) is 5.51. The summed E-state index contributed by atoms with van der Waals surface area (Å²) in [5, 5.41) is 0. The summed E-state index contributed by atoms with van der Waals surface area (Å²) in [4.78, 5) is 20.6. The Balaban J connectivity index is 2.04. The number of methoxy groups -OCH3 is 1. The molecule has 0 aromatic carbocycles. The Morgan fingerprint density at radius 3 is 3.00 bits per heavy atom. The van der Waals surface area contributed by atoms with E-state index >= 15 is 0 Å². The van der Waals surface area contributed by atoms with Gasteiger partial charge < -0.3 is 19.8 Å². The van der Waals surface area contributed by atoms with E-state index in [0.717, 1.165) is 0 Å². The van der Waals surface area contributed by atoms with Gasteiger partial charge in [0, 0.05) is 11.1 Å². The van der Waals surface area contributed by atoms with Crippen molar-refractivity contribution in [2.75, 3.05) is 26.2 Å². The van der Waals surface area contributed by atoms with Crippen LogP contribution in [0, 0.1) is 0 Å². The predicted molar refractivity (Wildman–Crippen MR) is 68.0 cm³/mol. The molecule has 0 saturated carbocycles. The van der Waals surface area contributed by atoms with Gasteiger partial charge in [0.2, 0.25) is 18.6 Å². The Hall–Kier alpha value is -1.87. The summed E-state index contributed by atoms with van der Waals surface area (Å²) in [7, 11) is -1.18. The van der Waals surface area contributed by atoms with E-state index in [2.05, 4.69) is 19.5 Å². The zero-order chi connectivity index (χ0) is 14.5. The average Bonchev–Trinajstić information content (AvgIpc) is 2.80. The molecule has 20 heavy (non-hydrogen) atoms. The number of ether oxygens (including phenoxy) is 2. The Labute approximate surface area is 114 Å². The van der Waals surface area contributed by atoms with Crippen molar-refractivity contribution in [1.29, 1.82) is 0 Å². The van der Waals surface area contributed by atoms with Gasteiger partial charge >= 0.3 is 8.25 Å². The highest BCUT2D eigenvalue weighted by Crippen LogP contribution is 2.21. The molecule has 108 valence electrons. The zero-order valence-electron chi connectivity index (χ0n) is 10.6. The molecule has 1 atom stereocenters. The number of fused-ring (bicyclic) bond motifs is 1. The van der Waals surface area contributed by atoms with Crippen molar-refractivity contribution < 1.29 is 23.5 Å². The number of hydrogen-bond acceptors (Lipinski definition) is 8. The summed E-state index contributed by atoms with van der Waals surface area (Å²) in [6.45, 7) is 0.404. The monoisotopic (exact) mass is 302 g/mol. The fourth-order valence-electron chi connectivity index (χ4n) is 1.54. The van der Waals surface area contributed by atoms with Crippen molar-refractivity contribution in [2.24, 2.45) is 0 Å². The fraction of sp³-hybridized carbons (Fsp3) is 0.444. The Morgan fingerprint density at radius 1 is 1.50 bits per heavy atom. The highest BCUT2D eigenvalue weighted by molar-refractivity contribution is 7.32. The molecule has 0 aliphatic carbocycles.